The van der Waals surface area contributed by atoms with Gasteiger partial charge in [-0.1, -0.05) is 31.2 Å². The number of nitrogens with two attached hydrogens (primary N) is 1. The van der Waals surface area contributed by atoms with E-state index in [2.05, 4.69) is 6.92 Å². The Balaban J connectivity index is 2.69. The third-order valence-corrected chi connectivity index (χ3v) is 3.13. The Labute approximate surface area is 89.4 Å². The Morgan fingerprint density at radius 3 is 2.79 bits per heavy atom. The highest BCUT2D eigenvalue weighted by Crippen LogP contribution is 2.16. The molecule has 0 fully saturated rings. The van der Waals surface area contributed by atoms with Crippen LogP contribution in [0.5, 0.6) is 0 Å². The predicted octanol–water partition coefficient (Wildman–Crippen LogP) is 2.61. The maximum atomic E-state index is 7.43. The van der Waals surface area contributed by atoms with Crippen LogP contribution in [0.2, 0.25) is 0 Å². The van der Waals surface area contributed by atoms with Crippen LogP contribution in [0.4, 0.5) is 0 Å². The quantitative estimate of drug-likeness (QED) is 0.444. The van der Waals surface area contributed by atoms with E-state index in [0.29, 0.717) is 0 Å². The third kappa shape index (κ3) is 3.07. The molecule has 0 aliphatic carbocycles. The number of thioether (sulfide) groups is 1. The molecule has 0 aliphatic heterocycles. The predicted molar refractivity (Wildman–Crippen MR) is 63.9 cm³/mol. The number of nitrogen functional groups attached to an aromatic ring is 1. The normalized spacial score (nSPS) is 10.1. The van der Waals surface area contributed by atoms with Crippen LogP contribution in [0, 0.1) is 5.41 Å². The van der Waals surface area contributed by atoms with E-state index in [1.807, 2.05) is 36.0 Å². The third-order valence-electron chi connectivity index (χ3n) is 1.91. The number of hydrogen-bond donors (Lipinski definition) is 2. The topological polar surface area (TPSA) is 49.9 Å². The average Bonchev–Trinajstić information content (AvgIpc) is 2.19. The molecule has 0 spiro atoms. The van der Waals surface area contributed by atoms with E-state index in [1.54, 1.807) is 0 Å². The van der Waals surface area contributed by atoms with Gasteiger partial charge in [-0.05, 0) is 17.7 Å². The largest absolute Gasteiger partial charge is 0.384 e. The molecule has 0 saturated carbocycles. The van der Waals surface area contributed by atoms with Crippen LogP contribution < -0.4 is 5.73 Å². The zero-order chi connectivity index (χ0) is 10.4. The van der Waals surface area contributed by atoms with Gasteiger partial charge in [-0.3, -0.25) is 5.41 Å². The van der Waals surface area contributed by atoms with Crippen molar-refractivity contribution in [3.63, 3.8) is 0 Å². The van der Waals surface area contributed by atoms with Crippen molar-refractivity contribution >= 4 is 17.6 Å². The summed E-state index contributed by atoms with van der Waals surface area (Å²) in [5, 5.41) is 7.43. The van der Waals surface area contributed by atoms with Crippen LogP contribution >= 0.6 is 11.8 Å². The zero-order valence-corrected chi connectivity index (χ0v) is 9.23. The maximum Gasteiger partial charge on any atom is 0.123 e. The van der Waals surface area contributed by atoms with E-state index < -0.39 is 0 Å². The van der Waals surface area contributed by atoms with Crippen molar-refractivity contribution in [2.75, 3.05) is 5.75 Å². The van der Waals surface area contributed by atoms with E-state index in [-0.39, 0.29) is 5.84 Å². The Morgan fingerprint density at radius 1 is 1.43 bits per heavy atom. The Hall–Kier alpha value is -0.960. The first-order valence-electron chi connectivity index (χ1n) is 4.75. The fourth-order valence-corrected chi connectivity index (χ4v) is 2.14. The molecule has 0 atom stereocenters. The lowest BCUT2D eigenvalue weighted by molar-refractivity contribution is 1.10. The standard InChI is InChI=1S/C11H16N2S/c1-2-7-14-8-9-5-3-4-6-10(9)11(12)13/h3-6H,2,7-8H2,1H3,(H3,12,13). The molecule has 0 bridgehead atoms. The van der Waals surface area contributed by atoms with Crippen LogP contribution in [-0.4, -0.2) is 11.6 Å². The van der Waals surface area contributed by atoms with Crippen molar-refractivity contribution in [3.05, 3.63) is 35.4 Å². The van der Waals surface area contributed by atoms with Crippen LogP contribution in [0.3, 0.4) is 0 Å². The molecule has 0 amide bonds. The van der Waals surface area contributed by atoms with Gasteiger partial charge in [-0.25, -0.2) is 0 Å². The van der Waals surface area contributed by atoms with Gasteiger partial charge in [0, 0.05) is 11.3 Å². The smallest absolute Gasteiger partial charge is 0.123 e. The molecule has 0 aromatic heterocycles. The summed E-state index contributed by atoms with van der Waals surface area (Å²) in [5.41, 5.74) is 7.53. The molecule has 1 rings (SSSR count). The van der Waals surface area contributed by atoms with Crippen LogP contribution in [0.15, 0.2) is 24.3 Å². The minimum Gasteiger partial charge on any atom is -0.384 e. The highest BCUT2D eigenvalue weighted by molar-refractivity contribution is 7.98. The van der Waals surface area contributed by atoms with Gasteiger partial charge in [0.25, 0.3) is 0 Å². The summed E-state index contributed by atoms with van der Waals surface area (Å²) in [4.78, 5) is 0. The molecule has 2 nitrogen and oxygen atoms in total. The number of rotatable bonds is 5. The number of benzene rings is 1. The van der Waals surface area contributed by atoms with E-state index in [9.17, 15) is 0 Å². The fourth-order valence-electron chi connectivity index (χ4n) is 1.24. The Morgan fingerprint density at radius 2 is 2.14 bits per heavy atom. The summed E-state index contributed by atoms with van der Waals surface area (Å²) in [7, 11) is 0. The van der Waals surface area contributed by atoms with Crippen LogP contribution in [0.1, 0.15) is 24.5 Å². The van der Waals surface area contributed by atoms with Crippen molar-refractivity contribution in [2.45, 2.75) is 19.1 Å². The SMILES string of the molecule is CCCSCc1ccccc1C(=N)N. The fraction of sp³-hybridized carbons (Fsp3) is 0.364. The molecule has 1 aromatic rings. The number of amidine groups is 1. The minimum absolute atomic E-state index is 0.165. The van der Waals surface area contributed by atoms with Crippen molar-refractivity contribution < 1.29 is 0 Å². The van der Waals surface area contributed by atoms with Gasteiger partial charge in [0.2, 0.25) is 0 Å². The molecule has 0 saturated heterocycles. The van der Waals surface area contributed by atoms with E-state index in [0.717, 1.165) is 17.1 Å². The molecular weight excluding hydrogens is 192 g/mol. The molecule has 3 N–H and O–H groups in total. The van der Waals surface area contributed by atoms with Crippen molar-refractivity contribution in [1.29, 1.82) is 5.41 Å². The number of hydrogen-bond acceptors (Lipinski definition) is 2. The molecule has 3 heteroatoms. The van der Waals surface area contributed by atoms with E-state index in [4.69, 9.17) is 11.1 Å². The first-order chi connectivity index (χ1) is 6.75. The van der Waals surface area contributed by atoms with Gasteiger partial charge in [-0.15, -0.1) is 0 Å². The first kappa shape index (κ1) is 11.1. The lowest BCUT2D eigenvalue weighted by Crippen LogP contribution is -2.13. The Kier molecular flexibility index (Phi) is 4.53. The second-order valence-electron chi connectivity index (χ2n) is 3.12. The van der Waals surface area contributed by atoms with Gasteiger partial charge in [-0.2, -0.15) is 11.8 Å². The zero-order valence-electron chi connectivity index (χ0n) is 8.42. The maximum absolute atomic E-state index is 7.43. The van der Waals surface area contributed by atoms with E-state index in [1.165, 1.54) is 12.0 Å². The van der Waals surface area contributed by atoms with Crippen LogP contribution in [-0.2, 0) is 5.75 Å². The first-order valence-corrected chi connectivity index (χ1v) is 5.91. The summed E-state index contributed by atoms with van der Waals surface area (Å²) in [5.74, 6) is 2.27. The summed E-state index contributed by atoms with van der Waals surface area (Å²) in [6, 6.07) is 7.86. The molecule has 0 heterocycles. The second kappa shape index (κ2) is 5.70. The van der Waals surface area contributed by atoms with Gasteiger partial charge >= 0.3 is 0 Å². The second-order valence-corrected chi connectivity index (χ2v) is 4.23. The summed E-state index contributed by atoms with van der Waals surface area (Å²) >= 11 is 1.89. The monoisotopic (exact) mass is 208 g/mol. The number of nitrogens with one attached hydrogen (secondary N) is 1. The van der Waals surface area contributed by atoms with Crippen molar-refractivity contribution in [2.24, 2.45) is 5.73 Å². The van der Waals surface area contributed by atoms with Gasteiger partial charge < -0.3 is 5.73 Å². The van der Waals surface area contributed by atoms with Gasteiger partial charge in [0.1, 0.15) is 5.84 Å². The van der Waals surface area contributed by atoms with Crippen molar-refractivity contribution in [1.82, 2.24) is 0 Å². The molecule has 14 heavy (non-hydrogen) atoms. The molecule has 0 aliphatic rings. The van der Waals surface area contributed by atoms with E-state index >= 15 is 0 Å². The van der Waals surface area contributed by atoms with Gasteiger partial charge in [0.05, 0.1) is 0 Å². The molecular formula is C11H16N2S. The minimum atomic E-state index is 0.165. The lowest BCUT2D eigenvalue weighted by Gasteiger charge is -2.06. The van der Waals surface area contributed by atoms with Crippen LogP contribution in [0.25, 0.3) is 0 Å². The van der Waals surface area contributed by atoms with Gasteiger partial charge in [0.15, 0.2) is 0 Å². The average molecular weight is 208 g/mol. The summed E-state index contributed by atoms with van der Waals surface area (Å²) < 4.78 is 0. The molecule has 1 aromatic carbocycles. The van der Waals surface area contributed by atoms with Crippen molar-refractivity contribution in [3.8, 4) is 0 Å². The molecule has 0 radical (unpaired) electrons. The molecule has 76 valence electrons. The highest BCUT2D eigenvalue weighted by Gasteiger charge is 2.03. The molecule has 0 unspecified atom stereocenters. The highest BCUT2D eigenvalue weighted by atomic mass is 32.2. The lowest BCUT2D eigenvalue weighted by atomic mass is 10.1. The summed E-state index contributed by atoms with van der Waals surface area (Å²) in [6.07, 6.45) is 1.19. The Bertz CT molecular complexity index is 310. The summed E-state index contributed by atoms with van der Waals surface area (Å²) in [6.45, 7) is 2.17.